The average molecular weight is 337 g/mol. The highest BCUT2D eigenvalue weighted by Crippen LogP contribution is 2.22. The van der Waals surface area contributed by atoms with E-state index in [2.05, 4.69) is 15.5 Å². The van der Waals surface area contributed by atoms with Gasteiger partial charge in [0.25, 0.3) is 5.91 Å². The molecule has 0 spiro atoms. The third kappa shape index (κ3) is 4.29. The monoisotopic (exact) mass is 336 g/mol. The fourth-order valence-corrected chi connectivity index (χ4v) is 2.16. The Hall–Kier alpha value is -2.41. The van der Waals surface area contributed by atoms with E-state index in [1.165, 1.54) is 17.9 Å². The summed E-state index contributed by atoms with van der Waals surface area (Å²) in [5.74, 6) is 0.418. The first-order valence-corrected chi connectivity index (χ1v) is 7.42. The number of nitrogens with zero attached hydrogens (tertiary/aromatic N) is 3. The van der Waals surface area contributed by atoms with Crippen LogP contribution in [0.25, 0.3) is 0 Å². The zero-order valence-electron chi connectivity index (χ0n) is 13.1. The van der Waals surface area contributed by atoms with Crippen molar-refractivity contribution in [2.45, 2.75) is 26.8 Å². The van der Waals surface area contributed by atoms with E-state index >= 15 is 0 Å². The highest BCUT2D eigenvalue weighted by Gasteiger charge is 2.18. The number of aromatic nitrogens is 2. The zero-order chi connectivity index (χ0) is 17.0. The number of hydrogen-bond acceptors (Lipinski definition) is 5. The van der Waals surface area contributed by atoms with Gasteiger partial charge in [0.2, 0.25) is 11.8 Å². The molecule has 0 atom stereocenters. The Morgan fingerprint density at radius 3 is 2.74 bits per heavy atom. The van der Waals surface area contributed by atoms with E-state index in [0.29, 0.717) is 34.4 Å². The second-order valence-electron chi connectivity index (χ2n) is 4.99. The molecular formula is C15H17ClN4O3. The van der Waals surface area contributed by atoms with Gasteiger partial charge in [-0.15, -0.1) is 0 Å². The predicted molar refractivity (Wildman–Crippen MR) is 85.2 cm³/mol. The number of benzene rings is 1. The van der Waals surface area contributed by atoms with E-state index in [1.807, 2.05) is 6.92 Å². The molecule has 1 heterocycles. The number of carbonyl (C=O) groups is 2. The molecule has 0 saturated carbocycles. The molecule has 1 aromatic carbocycles. The molecule has 7 nitrogen and oxygen atoms in total. The van der Waals surface area contributed by atoms with Crippen LogP contribution < -0.4 is 5.32 Å². The molecule has 0 bridgehead atoms. The standard InChI is InChI=1S/C15H17ClN4O3/c1-4-14-18-13(19-23-14)8-20(3)15(22)11-7-10(17-9(2)21)5-6-12(11)16/h5-7H,4,8H2,1-3H3,(H,17,21). The zero-order valence-corrected chi connectivity index (χ0v) is 13.8. The molecule has 0 saturated heterocycles. The summed E-state index contributed by atoms with van der Waals surface area (Å²) in [5.41, 5.74) is 0.797. The van der Waals surface area contributed by atoms with E-state index < -0.39 is 0 Å². The number of carbonyl (C=O) groups excluding carboxylic acids is 2. The highest BCUT2D eigenvalue weighted by molar-refractivity contribution is 6.34. The van der Waals surface area contributed by atoms with Crippen LogP contribution in [0.4, 0.5) is 5.69 Å². The second-order valence-corrected chi connectivity index (χ2v) is 5.40. The number of aryl methyl sites for hydroxylation is 1. The lowest BCUT2D eigenvalue weighted by molar-refractivity contribution is -0.114. The fourth-order valence-electron chi connectivity index (χ4n) is 1.96. The molecular weight excluding hydrogens is 320 g/mol. The van der Waals surface area contributed by atoms with Crippen molar-refractivity contribution >= 4 is 29.1 Å². The van der Waals surface area contributed by atoms with Gasteiger partial charge in [-0.1, -0.05) is 23.7 Å². The van der Waals surface area contributed by atoms with Crippen LogP contribution in [0.15, 0.2) is 22.7 Å². The summed E-state index contributed by atoms with van der Waals surface area (Å²) in [4.78, 5) is 29.2. The van der Waals surface area contributed by atoms with Crippen molar-refractivity contribution in [3.8, 4) is 0 Å². The smallest absolute Gasteiger partial charge is 0.255 e. The number of anilines is 1. The molecule has 23 heavy (non-hydrogen) atoms. The molecule has 0 fully saturated rings. The Morgan fingerprint density at radius 1 is 1.39 bits per heavy atom. The molecule has 0 aliphatic carbocycles. The maximum Gasteiger partial charge on any atom is 0.255 e. The summed E-state index contributed by atoms with van der Waals surface area (Å²) < 4.78 is 5.01. The lowest BCUT2D eigenvalue weighted by Gasteiger charge is -2.16. The van der Waals surface area contributed by atoms with Crippen LogP contribution in [0.3, 0.4) is 0 Å². The van der Waals surface area contributed by atoms with Crippen molar-refractivity contribution in [2.24, 2.45) is 0 Å². The summed E-state index contributed by atoms with van der Waals surface area (Å²) >= 11 is 6.09. The number of rotatable bonds is 5. The van der Waals surface area contributed by atoms with E-state index in [4.69, 9.17) is 16.1 Å². The van der Waals surface area contributed by atoms with Gasteiger partial charge >= 0.3 is 0 Å². The van der Waals surface area contributed by atoms with Crippen molar-refractivity contribution in [2.75, 3.05) is 12.4 Å². The molecule has 8 heteroatoms. The summed E-state index contributed by atoms with van der Waals surface area (Å²) in [7, 11) is 1.62. The summed E-state index contributed by atoms with van der Waals surface area (Å²) in [6.07, 6.45) is 0.634. The van der Waals surface area contributed by atoms with Gasteiger partial charge in [-0.05, 0) is 18.2 Å². The summed E-state index contributed by atoms with van der Waals surface area (Å²) in [5, 5.41) is 6.74. The van der Waals surface area contributed by atoms with Gasteiger partial charge < -0.3 is 14.7 Å². The highest BCUT2D eigenvalue weighted by atomic mass is 35.5. The van der Waals surface area contributed by atoms with Gasteiger partial charge in [0.05, 0.1) is 17.1 Å². The molecule has 2 aromatic rings. The SMILES string of the molecule is CCc1nc(CN(C)C(=O)c2cc(NC(C)=O)ccc2Cl)no1. The summed E-state index contributed by atoms with van der Waals surface area (Å²) in [6, 6.07) is 4.74. The van der Waals surface area contributed by atoms with Crippen LogP contribution in [-0.2, 0) is 17.8 Å². The van der Waals surface area contributed by atoms with Gasteiger partial charge in [0.15, 0.2) is 5.82 Å². The molecule has 0 aliphatic rings. The lowest BCUT2D eigenvalue weighted by Crippen LogP contribution is -2.27. The normalized spacial score (nSPS) is 10.4. The second kappa shape index (κ2) is 7.23. The maximum atomic E-state index is 12.5. The maximum absolute atomic E-state index is 12.5. The summed E-state index contributed by atoms with van der Waals surface area (Å²) in [6.45, 7) is 3.49. The molecule has 122 valence electrons. The van der Waals surface area contributed by atoms with E-state index in [9.17, 15) is 9.59 Å². The Bertz CT molecular complexity index is 729. The van der Waals surface area contributed by atoms with Gasteiger partial charge in [-0.3, -0.25) is 9.59 Å². The van der Waals surface area contributed by atoms with Crippen molar-refractivity contribution in [3.63, 3.8) is 0 Å². The third-order valence-corrected chi connectivity index (χ3v) is 3.38. The van der Waals surface area contributed by atoms with Gasteiger partial charge in [-0.25, -0.2) is 0 Å². The molecule has 0 unspecified atom stereocenters. The minimum absolute atomic E-state index is 0.197. The largest absolute Gasteiger partial charge is 0.339 e. The minimum atomic E-state index is -0.301. The van der Waals surface area contributed by atoms with Crippen LogP contribution in [0, 0.1) is 0 Å². The Kier molecular flexibility index (Phi) is 5.33. The van der Waals surface area contributed by atoms with Crippen LogP contribution in [0.2, 0.25) is 5.02 Å². The Balaban J connectivity index is 2.16. The average Bonchev–Trinajstić information content (AvgIpc) is 2.95. The topological polar surface area (TPSA) is 88.3 Å². The van der Waals surface area contributed by atoms with E-state index in [1.54, 1.807) is 19.2 Å². The van der Waals surface area contributed by atoms with Crippen molar-refractivity contribution in [1.82, 2.24) is 15.0 Å². The van der Waals surface area contributed by atoms with Gasteiger partial charge in [-0.2, -0.15) is 4.98 Å². The van der Waals surface area contributed by atoms with E-state index in [0.717, 1.165) is 0 Å². The Labute approximate surface area is 138 Å². The van der Waals surface area contributed by atoms with Crippen LogP contribution in [0.1, 0.15) is 35.9 Å². The van der Waals surface area contributed by atoms with Crippen LogP contribution in [-0.4, -0.2) is 33.9 Å². The van der Waals surface area contributed by atoms with Crippen LogP contribution in [0.5, 0.6) is 0 Å². The van der Waals surface area contributed by atoms with Crippen molar-refractivity contribution < 1.29 is 14.1 Å². The first-order valence-electron chi connectivity index (χ1n) is 7.04. The van der Waals surface area contributed by atoms with Gasteiger partial charge in [0.1, 0.15) is 0 Å². The number of halogens is 1. The molecule has 2 amide bonds. The lowest BCUT2D eigenvalue weighted by atomic mass is 10.1. The van der Waals surface area contributed by atoms with Gasteiger partial charge in [0, 0.05) is 26.1 Å². The number of hydrogen-bond donors (Lipinski definition) is 1. The first kappa shape index (κ1) is 17.0. The number of nitrogens with one attached hydrogen (secondary N) is 1. The van der Waals surface area contributed by atoms with Crippen molar-refractivity contribution in [1.29, 1.82) is 0 Å². The fraction of sp³-hybridized carbons (Fsp3) is 0.333. The molecule has 1 aromatic heterocycles. The predicted octanol–water partition coefficient (Wildman–Crippen LogP) is 2.52. The molecule has 0 aliphatic heterocycles. The van der Waals surface area contributed by atoms with Crippen LogP contribution >= 0.6 is 11.6 Å². The molecule has 2 rings (SSSR count). The number of amides is 2. The quantitative estimate of drug-likeness (QED) is 0.906. The third-order valence-electron chi connectivity index (χ3n) is 3.06. The molecule has 0 radical (unpaired) electrons. The first-order chi connectivity index (χ1) is 10.9. The molecule has 1 N–H and O–H groups in total. The Morgan fingerprint density at radius 2 is 2.13 bits per heavy atom. The van der Waals surface area contributed by atoms with Crippen molar-refractivity contribution in [3.05, 3.63) is 40.5 Å². The minimum Gasteiger partial charge on any atom is -0.339 e. The van der Waals surface area contributed by atoms with E-state index in [-0.39, 0.29) is 18.4 Å².